The summed E-state index contributed by atoms with van der Waals surface area (Å²) in [7, 11) is 0. The molecule has 0 aliphatic heterocycles. The van der Waals surface area contributed by atoms with E-state index in [1.54, 1.807) is 0 Å². The quantitative estimate of drug-likeness (QED) is 0.286. The maximum absolute atomic E-state index is 13.5. The molecule has 39 heavy (non-hydrogen) atoms. The van der Waals surface area contributed by atoms with Crippen molar-refractivity contribution in [2.75, 3.05) is 5.75 Å². The fourth-order valence-electron chi connectivity index (χ4n) is 8.21. The van der Waals surface area contributed by atoms with Crippen LogP contribution >= 0.6 is 11.8 Å². The number of thioether (sulfide) groups is 1. The Morgan fingerprint density at radius 2 is 1.82 bits per heavy atom. The SMILES string of the molecule is C=CC1(C)CC(OC(=O)CSC2CCC(N)CC2O)C2(C)C(C)CCC3(CCC(=O)C32)C(C)C1O.CC(=O)O. The van der Waals surface area contributed by atoms with Crippen LogP contribution in [-0.2, 0) is 19.1 Å². The maximum Gasteiger partial charge on any atom is 0.316 e. The van der Waals surface area contributed by atoms with Gasteiger partial charge < -0.3 is 25.8 Å². The van der Waals surface area contributed by atoms with Crippen LogP contribution in [-0.4, -0.2) is 68.4 Å². The minimum absolute atomic E-state index is 0.0194. The number of carbonyl (C=O) groups excluding carboxylic acids is 2. The Hall–Kier alpha value is -1.42. The molecule has 0 heterocycles. The number of aliphatic carboxylic acids is 1. The van der Waals surface area contributed by atoms with E-state index < -0.39 is 35.1 Å². The van der Waals surface area contributed by atoms with Gasteiger partial charge in [-0.2, -0.15) is 0 Å². The lowest BCUT2D eigenvalue weighted by Crippen LogP contribution is -2.63. The average molecular weight is 568 g/mol. The molecule has 0 radical (unpaired) electrons. The summed E-state index contributed by atoms with van der Waals surface area (Å²) in [5.41, 5.74) is 4.57. The van der Waals surface area contributed by atoms with Crippen molar-refractivity contribution in [1.29, 1.82) is 0 Å². The van der Waals surface area contributed by atoms with Crippen molar-refractivity contribution in [3.8, 4) is 0 Å². The van der Waals surface area contributed by atoms with Crippen LogP contribution in [0.1, 0.15) is 86.0 Å². The Balaban J connectivity index is 0.000000983. The summed E-state index contributed by atoms with van der Waals surface area (Å²) >= 11 is 1.45. The molecule has 4 fully saturated rings. The van der Waals surface area contributed by atoms with Crippen LogP contribution in [0.3, 0.4) is 0 Å². The van der Waals surface area contributed by atoms with Gasteiger partial charge in [0.05, 0.1) is 18.0 Å². The van der Waals surface area contributed by atoms with Gasteiger partial charge in [0.25, 0.3) is 5.97 Å². The summed E-state index contributed by atoms with van der Waals surface area (Å²) in [5, 5.41) is 29.4. The molecular formula is C30H49NO7S. The van der Waals surface area contributed by atoms with Crippen molar-refractivity contribution >= 4 is 29.5 Å². The van der Waals surface area contributed by atoms with Gasteiger partial charge >= 0.3 is 5.97 Å². The number of rotatable bonds is 5. The first-order valence-corrected chi connectivity index (χ1v) is 15.5. The van der Waals surface area contributed by atoms with Gasteiger partial charge in [0, 0.05) is 41.4 Å². The summed E-state index contributed by atoms with van der Waals surface area (Å²) in [6.45, 7) is 13.6. The number of carbonyl (C=O) groups is 3. The molecule has 11 atom stereocenters. The van der Waals surface area contributed by atoms with E-state index in [0.717, 1.165) is 39.0 Å². The van der Waals surface area contributed by atoms with Crippen LogP contribution in [0.2, 0.25) is 0 Å². The lowest BCUT2D eigenvalue weighted by molar-refractivity contribution is -0.205. The summed E-state index contributed by atoms with van der Waals surface area (Å²) in [6.07, 6.45) is 6.01. The van der Waals surface area contributed by atoms with Crippen molar-refractivity contribution in [2.24, 2.45) is 39.7 Å². The third-order valence-corrected chi connectivity index (χ3v) is 12.2. The first kappa shape index (κ1) is 32.1. The second-order valence-electron chi connectivity index (χ2n) is 13.1. The smallest absolute Gasteiger partial charge is 0.316 e. The molecule has 222 valence electrons. The lowest BCUT2D eigenvalue weighted by Gasteiger charge is -2.61. The van der Waals surface area contributed by atoms with Gasteiger partial charge in [-0.15, -0.1) is 18.3 Å². The highest BCUT2D eigenvalue weighted by atomic mass is 32.2. The number of ether oxygens (including phenoxy) is 1. The van der Waals surface area contributed by atoms with Crippen molar-refractivity contribution in [1.82, 2.24) is 0 Å². The molecule has 4 saturated carbocycles. The molecule has 0 spiro atoms. The number of ketones is 1. The second-order valence-corrected chi connectivity index (χ2v) is 14.3. The van der Waals surface area contributed by atoms with Crippen LogP contribution in [0.25, 0.3) is 0 Å². The Kier molecular flexibility index (Phi) is 10.1. The van der Waals surface area contributed by atoms with Gasteiger partial charge in [0.1, 0.15) is 11.9 Å². The fourth-order valence-corrected chi connectivity index (χ4v) is 9.27. The predicted octanol–water partition coefficient (Wildman–Crippen LogP) is 3.96. The maximum atomic E-state index is 13.5. The van der Waals surface area contributed by atoms with Gasteiger partial charge in [-0.25, -0.2) is 0 Å². The van der Waals surface area contributed by atoms with Crippen LogP contribution in [0.15, 0.2) is 12.7 Å². The van der Waals surface area contributed by atoms with E-state index in [9.17, 15) is 19.8 Å². The second kappa shape index (κ2) is 12.2. The normalized spacial score (nSPS) is 45.6. The highest BCUT2D eigenvalue weighted by Crippen LogP contribution is 2.68. The number of hydrogen-bond donors (Lipinski definition) is 4. The summed E-state index contributed by atoms with van der Waals surface area (Å²) in [4.78, 5) is 35.7. The van der Waals surface area contributed by atoms with Gasteiger partial charge in [-0.05, 0) is 62.2 Å². The van der Waals surface area contributed by atoms with E-state index in [4.69, 9.17) is 20.4 Å². The third kappa shape index (κ3) is 6.11. The van der Waals surface area contributed by atoms with E-state index in [2.05, 4.69) is 27.4 Å². The van der Waals surface area contributed by atoms with E-state index in [0.29, 0.717) is 19.3 Å². The summed E-state index contributed by atoms with van der Waals surface area (Å²) < 4.78 is 6.29. The van der Waals surface area contributed by atoms with Crippen molar-refractivity contribution in [3.63, 3.8) is 0 Å². The minimum atomic E-state index is -0.833. The number of aliphatic hydroxyl groups is 2. The molecule has 4 rings (SSSR count). The number of Topliss-reactive ketones (excluding diaryl/α,β-unsaturated/α-hetero) is 1. The Morgan fingerprint density at radius 1 is 1.18 bits per heavy atom. The molecule has 2 bridgehead atoms. The summed E-state index contributed by atoms with van der Waals surface area (Å²) in [6, 6.07) is 0.0195. The average Bonchev–Trinajstić information content (AvgIpc) is 3.21. The molecule has 0 amide bonds. The molecule has 11 unspecified atom stereocenters. The number of esters is 1. The monoisotopic (exact) mass is 567 g/mol. The van der Waals surface area contributed by atoms with E-state index in [-0.39, 0.29) is 52.0 Å². The fraction of sp³-hybridized carbons (Fsp3) is 0.833. The van der Waals surface area contributed by atoms with Crippen molar-refractivity contribution in [3.05, 3.63) is 12.7 Å². The molecule has 0 aromatic rings. The van der Waals surface area contributed by atoms with Crippen molar-refractivity contribution in [2.45, 2.75) is 116 Å². The molecule has 5 N–H and O–H groups in total. The zero-order valence-corrected chi connectivity index (χ0v) is 25.0. The van der Waals surface area contributed by atoms with Crippen LogP contribution in [0.4, 0.5) is 0 Å². The summed E-state index contributed by atoms with van der Waals surface area (Å²) in [5.74, 6) is -0.772. The molecule has 0 aromatic heterocycles. The van der Waals surface area contributed by atoms with E-state index in [1.807, 2.05) is 13.0 Å². The molecule has 4 aliphatic carbocycles. The van der Waals surface area contributed by atoms with Crippen LogP contribution in [0, 0.1) is 34.0 Å². The third-order valence-electron chi connectivity index (χ3n) is 10.8. The Labute approximate surface area is 237 Å². The number of hydrogen-bond acceptors (Lipinski definition) is 8. The predicted molar refractivity (Wildman–Crippen MR) is 152 cm³/mol. The zero-order chi connectivity index (χ0) is 29.3. The number of aliphatic hydroxyl groups excluding tert-OH is 2. The number of nitrogens with two attached hydrogens (primary N) is 1. The minimum Gasteiger partial charge on any atom is -0.481 e. The number of carboxylic acid groups (broad SMARTS) is 1. The van der Waals surface area contributed by atoms with E-state index >= 15 is 0 Å². The van der Waals surface area contributed by atoms with Crippen molar-refractivity contribution < 1.29 is 34.4 Å². The standard InChI is InChI=1S/C28H45NO5S.C2H4O2/c1-6-26(4)14-22(34-23(32)15-35-21-8-7-18(29)13-20(21)31)27(5)16(2)9-11-28(17(3)25(26)33)12-10-19(30)24(27)28;1-2(3)4/h6,16-18,20-22,24-25,31,33H,1,7-15,29H2,2-5H3;1H3,(H,3,4). The highest BCUT2D eigenvalue weighted by Gasteiger charge is 2.68. The molecule has 0 saturated heterocycles. The Bertz CT molecular complexity index is 940. The largest absolute Gasteiger partial charge is 0.481 e. The van der Waals surface area contributed by atoms with E-state index in [1.165, 1.54) is 11.8 Å². The zero-order valence-electron chi connectivity index (χ0n) is 24.2. The van der Waals surface area contributed by atoms with Crippen LogP contribution < -0.4 is 5.73 Å². The van der Waals surface area contributed by atoms with Gasteiger partial charge in [-0.3, -0.25) is 14.4 Å². The first-order valence-electron chi connectivity index (χ1n) is 14.4. The molecule has 0 aromatic carbocycles. The number of carboxylic acids is 1. The van der Waals surface area contributed by atoms with Gasteiger partial charge in [0.15, 0.2) is 0 Å². The molecule has 8 nitrogen and oxygen atoms in total. The molecule has 9 heteroatoms. The first-order chi connectivity index (χ1) is 18.1. The molecule has 4 aliphatic rings. The van der Waals surface area contributed by atoms with Gasteiger partial charge in [-0.1, -0.05) is 33.8 Å². The van der Waals surface area contributed by atoms with Crippen LogP contribution in [0.5, 0.6) is 0 Å². The highest BCUT2D eigenvalue weighted by molar-refractivity contribution is 8.00. The molecular weight excluding hydrogens is 518 g/mol. The van der Waals surface area contributed by atoms with Gasteiger partial charge in [0.2, 0.25) is 0 Å². The lowest BCUT2D eigenvalue weighted by atomic mass is 9.44. The Morgan fingerprint density at radius 3 is 2.41 bits per heavy atom. The topological polar surface area (TPSA) is 147 Å².